The first-order valence-corrected chi connectivity index (χ1v) is 6.75. The molecule has 1 fully saturated rings. The average Bonchev–Trinajstić information content (AvgIpc) is 2.80. The lowest BCUT2D eigenvalue weighted by Crippen LogP contribution is -2.20. The van der Waals surface area contributed by atoms with Crippen molar-refractivity contribution in [3.8, 4) is 5.75 Å². The molecule has 0 amide bonds. The van der Waals surface area contributed by atoms with Gasteiger partial charge in [-0.2, -0.15) is 0 Å². The van der Waals surface area contributed by atoms with Gasteiger partial charge in [0, 0.05) is 12.6 Å². The Morgan fingerprint density at radius 1 is 1.50 bits per heavy atom. The van der Waals surface area contributed by atoms with Crippen LogP contribution in [0, 0.1) is 6.92 Å². The van der Waals surface area contributed by atoms with E-state index in [1.54, 1.807) is 0 Å². The van der Waals surface area contributed by atoms with Crippen molar-refractivity contribution in [1.29, 1.82) is 0 Å². The summed E-state index contributed by atoms with van der Waals surface area (Å²) in [6.45, 7) is 5.62. The maximum absolute atomic E-state index is 5.97. The molecule has 2 atom stereocenters. The van der Waals surface area contributed by atoms with E-state index in [1.807, 2.05) is 6.92 Å². The molecule has 0 aromatic heterocycles. The number of benzene rings is 1. The van der Waals surface area contributed by atoms with Gasteiger partial charge in [-0.3, -0.25) is 0 Å². The molecule has 0 spiro atoms. The second-order valence-electron chi connectivity index (χ2n) is 5.19. The van der Waals surface area contributed by atoms with E-state index in [4.69, 9.17) is 15.2 Å². The molecule has 2 rings (SSSR count). The summed E-state index contributed by atoms with van der Waals surface area (Å²) in [5, 5.41) is 0. The zero-order valence-electron chi connectivity index (χ0n) is 11.3. The van der Waals surface area contributed by atoms with Gasteiger partial charge in [-0.1, -0.05) is 18.2 Å². The predicted octanol–water partition coefficient (Wildman–Crippen LogP) is 2.44. The Morgan fingerprint density at radius 3 is 3.00 bits per heavy atom. The molecule has 1 aliphatic heterocycles. The fraction of sp³-hybridized carbons (Fsp3) is 0.600. The normalized spacial score (nSPS) is 20.9. The van der Waals surface area contributed by atoms with Crippen molar-refractivity contribution in [2.45, 2.75) is 45.3 Å². The van der Waals surface area contributed by atoms with Gasteiger partial charge < -0.3 is 15.2 Å². The lowest BCUT2D eigenvalue weighted by molar-refractivity contribution is 0.0673. The average molecular weight is 249 g/mol. The van der Waals surface area contributed by atoms with Crippen molar-refractivity contribution in [3.05, 3.63) is 29.3 Å². The fourth-order valence-electron chi connectivity index (χ4n) is 2.38. The molecule has 18 heavy (non-hydrogen) atoms. The third kappa shape index (κ3) is 3.47. The number of ether oxygens (including phenoxy) is 2. The van der Waals surface area contributed by atoms with Crippen LogP contribution in [-0.2, 0) is 11.2 Å². The van der Waals surface area contributed by atoms with E-state index in [2.05, 4.69) is 25.1 Å². The van der Waals surface area contributed by atoms with Crippen molar-refractivity contribution in [2.24, 2.45) is 5.73 Å². The Balaban J connectivity index is 2.04. The first kappa shape index (κ1) is 13.4. The number of aryl methyl sites for hydroxylation is 1. The monoisotopic (exact) mass is 249 g/mol. The Kier molecular flexibility index (Phi) is 4.61. The fourth-order valence-corrected chi connectivity index (χ4v) is 2.38. The molecule has 3 nitrogen and oxygen atoms in total. The van der Waals surface area contributed by atoms with Gasteiger partial charge in [-0.25, -0.2) is 0 Å². The molecule has 1 aromatic rings. The highest BCUT2D eigenvalue weighted by atomic mass is 16.5. The van der Waals surface area contributed by atoms with Gasteiger partial charge in [0.25, 0.3) is 0 Å². The standard InChI is InChI=1S/C15H23NO2/c1-11-5-3-6-13(9-12(2)16)15(11)18-10-14-7-4-8-17-14/h3,5-6,12,14H,4,7-10,16H2,1-2H3. The minimum absolute atomic E-state index is 0.150. The second kappa shape index (κ2) is 6.21. The molecule has 1 heterocycles. The third-order valence-corrected chi connectivity index (χ3v) is 3.27. The molecule has 3 heteroatoms. The van der Waals surface area contributed by atoms with Crippen LogP contribution in [0.15, 0.2) is 18.2 Å². The van der Waals surface area contributed by atoms with Gasteiger partial charge in [0.1, 0.15) is 12.4 Å². The van der Waals surface area contributed by atoms with Crippen LogP contribution in [0.5, 0.6) is 5.75 Å². The highest BCUT2D eigenvalue weighted by Crippen LogP contribution is 2.25. The lowest BCUT2D eigenvalue weighted by atomic mass is 10.0. The minimum atomic E-state index is 0.150. The first-order valence-electron chi connectivity index (χ1n) is 6.75. The zero-order chi connectivity index (χ0) is 13.0. The van der Waals surface area contributed by atoms with Crippen LogP contribution >= 0.6 is 0 Å². The van der Waals surface area contributed by atoms with Gasteiger partial charge >= 0.3 is 0 Å². The summed E-state index contributed by atoms with van der Waals surface area (Å²) in [4.78, 5) is 0. The summed E-state index contributed by atoms with van der Waals surface area (Å²) < 4.78 is 11.6. The summed E-state index contributed by atoms with van der Waals surface area (Å²) in [7, 11) is 0. The summed E-state index contributed by atoms with van der Waals surface area (Å²) in [6.07, 6.45) is 3.36. The number of para-hydroxylation sites is 1. The van der Waals surface area contributed by atoms with Crippen LogP contribution in [0.2, 0.25) is 0 Å². The third-order valence-electron chi connectivity index (χ3n) is 3.27. The van der Waals surface area contributed by atoms with Crippen molar-refractivity contribution in [2.75, 3.05) is 13.2 Å². The Bertz CT molecular complexity index is 384. The summed E-state index contributed by atoms with van der Waals surface area (Å²) in [6, 6.07) is 6.39. The molecule has 1 aliphatic rings. The van der Waals surface area contributed by atoms with Crippen molar-refractivity contribution in [3.63, 3.8) is 0 Å². The molecule has 0 radical (unpaired) electrons. The molecular weight excluding hydrogens is 226 g/mol. The molecule has 1 saturated heterocycles. The van der Waals surface area contributed by atoms with Gasteiger partial charge in [0.15, 0.2) is 0 Å². The quantitative estimate of drug-likeness (QED) is 0.871. The molecule has 0 aliphatic carbocycles. The maximum Gasteiger partial charge on any atom is 0.125 e. The van der Waals surface area contributed by atoms with E-state index in [-0.39, 0.29) is 12.1 Å². The van der Waals surface area contributed by atoms with Crippen LogP contribution in [0.3, 0.4) is 0 Å². The Morgan fingerprint density at radius 2 is 2.33 bits per heavy atom. The van der Waals surface area contributed by atoms with E-state index >= 15 is 0 Å². The van der Waals surface area contributed by atoms with Crippen molar-refractivity contribution < 1.29 is 9.47 Å². The molecular formula is C15H23NO2. The van der Waals surface area contributed by atoms with Gasteiger partial charge in [0.05, 0.1) is 6.10 Å². The summed E-state index contributed by atoms with van der Waals surface area (Å²) in [5.74, 6) is 0.991. The second-order valence-corrected chi connectivity index (χ2v) is 5.19. The molecule has 0 bridgehead atoms. The number of rotatable bonds is 5. The van der Waals surface area contributed by atoms with Gasteiger partial charge in [-0.15, -0.1) is 0 Å². The maximum atomic E-state index is 5.97. The van der Waals surface area contributed by atoms with Crippen LogP contribution in [-0.4, -0.2) is 25.4 Å². The molecule has 2 unspecified atom stereocenters. The van der Waals surface area contributed by atoms with E-state index < -0.39 is 0 Å². The van der Waals surface area contributed by atoms with Crippen LogP contribution in [0.4, 0.5) is 0 Å². The zero-order valence-corrected chi connectivity index (χ0v) is 11.3. The van der Waals surface area contributed by atoms with Crippen LogP contribution in [0.25, 0.3) is 0 Å². The minimum Gasteiger partial charge on any atom is -0.490 e. The van der Waals surface area contributed by atoms with E-state index in [0.29, 0.717) is 6.61 Å². The van der Waals surface area contributed by atoms with Crippen LogP contribution in [0.1, 0.15) is 30.9 Å². The van der Waals surface area contributed by atoms with Crippen molar-refractivity contribution >= 4 is 0 Å². The predicted molar refractivity (Wildman–Crippen MR) is 73.0 cm³/mol. The molecule has 1 aromatic carbocycles. The Hall–Kier alpha value is -1.06. The topological polar surface area (TPSA) is 44.5 Å². The summed E-state index contributed by atoms with van der Waals surface area (Å²) >= 11 is 0. The molecule has 0 saturated carbocycles. The first-order chi connectivity index (χ1) is 8.66. The smallest absolute Gasteiger partial charge is 0.125 e. The van der Waals surface area contributed by atoms with Gasteiger partial charge in [0.2, 0.25) is 0 Å². The summed E-state index contributed by atoms with van der Waals surface area (Å²) in [5.41, 5.74) is 8.25. The SMILES string of the molecule is Cc1cccc(CC(C)N)c1OCC1CCCO1. The van der Waals surface area contributed by atoms with E-state index in [9.17, 15) is 0 Å². The number of hydrogen-bond acceptors (Lipinski definition) is 3. The van der Waals surface area contributed by atoms with E-state index in [0.717, 1.165) is 31.6 Å². The Labute approximate surface area is 109 Å². The number of hydrogen-bond donors (Lipinski definition) is 1. The molecule has 100 valence electrons. The van der Waals surface area contributed by atoms with Crippen molar-refractivity contribution in [1.82, 2.24) is 0 Å². The highest BCUT2D eigenvalue weighted by molar-refractivity contribution is 5.41. The lowest BCUT2D eigenvalue weighted by Gasteiger charge is -2.17. The van der Waals surface area contributed by atoms with E-state index in [1.165, 1.54) is 11.1 Å². The van der Waals surface area contributed by atoms with Crippen LogP contribution < -0.4 is 10.5 Å². The highest BCUT2D eigenvalue weighted by Gasteiger charge is 2.17. The molecule has 2 N–H and O–H groups in total. The van der Waals surface area contributed by atoms with Gasteiger partial charge in [-0.05, 0) is 44.2 Å². The number of nitrogens with two attached hydrogens (primary N) is 1. The largest absolute Gasteiger partial charge is 0.490 e.